The summed E-state index contributed by atoms with van der Waals surface area (Å²) < 4.78 is 5.79. The normalized spacial score (nSPS) is 18.1. The van der Waals surface area contributed by atoms with Crippen molar-refractivity contribution in [1.29, 1.82) is 0 Å². The van der Waals surface area contributed by atoms with E-state index >= 15 is 0 Å². The minimum Gasteiger partial charge on any atom is -0.487 e. The van der Waals surface area contributed by atoms with Gasteiger partial charge in [0.25, 0.3) is 0 Å². The van der Waals surface area contributed by atoms with Crippen LogP contribution in [-0.4, -0.2) is 11.1 Å². The number of hydrogen-bond acceptors (Lipinski definition) is 2. The van der Waals surface area contributed by atoms with Gasteiger partial charge in [0.05, 0.1) is 17.3 Å². The smallest absolute Gasteiger partial charge is 0.156 e. The van der Waals surface area contributed by atoms with Gasteiger partial charge in [0.2, 0.25) is 0 Å². The molecule has 0 N–H and O–H groups in total. The van der Waals surface area contributed by atoms with Crippen LogP contribution in [0.4, 0.5) is 0 Å². The first-order valence-electron chi connectivity index (χ1n) is 5.12. The van der Waals surface area contributed by atoms with E-state index in [0.717, 1.165) is 18.6 Å². The molecule has 0 saturated heterocycles. The van der Waals surface area contributed by atoms with Crippen molar-refractivity contribution in [2.75, 3.05) is 0 Å². The average Bonchev–Trinajstić information content (AvgIpc) is 2.23. The molecule has 0 spiro atoms. The maximum absolute atomic E-state index is 5.98. The maximum atomic E-state index is 5.98. The monoisotopic (exact) mass is 211 g/mol. The van der Waals surface area contributed by atoms with Crippen LogP contribution in [0.25, 0.3) is 0 Å². The lowest BCUT2D eigenvalue weighted by Gasteiger charge is -2.23. The van der Waals surface area contributed by atoms with Crippen molar-refractivity contribution in [2.24, 2.45) is 0 Å². The van der Waals surface area contributed by atoms with Gasteiger partial charge in [-0.05, 0) is 31.7 Å². The first-order valence-corrected chi connectivity index (χ1v) is 5.50. The lowest BCUT2D eigenvalue weighted by Crippen LogP contribution is -2.19. The van der Waals surface area contributed by atoms with E-state index in [1.165, 1.54) is 19.3 Å². The highest BCUT2D eigenvalue weighted by Gasteiger charge is 2.15. The summed E-state index contributed by atoms with van der Waals surface area (Å²) in [5, 5.41) is 0.658. The molecule has 1 aromatic rings. The molecule has 0 amide bonds. The number of ether oxygens (including phenoxy) is 1. The Morgan fingerprint density at radius 2 is 2.07 bits per heavy atom. The number of nitrogens with zero attached hydrogens (tertiary/aromatic N) is 1. The van der Waals surface area contributed by atoms with Crippen molar-refractivity contribution in [3.8, 4) is 5.75 Å². The van der Waals surface area contributed by atoms with E-state index < -0.39 is 0 Å². The summed E-state index contributed by atoms with van der Waals surface area (Å²) in [6.07, 6.45) is 9.86. The first-order chi connectivity index (χ1) is 6.86. The molecule has 1 saturated carbocycles. The van der Waals surface area contributed by atoms with Gasteiger partial charge >= 0.3 is 0 Å². The quantitative estimate of drug-likeness (QED) is 0.748. The first kappa shape index (κ1) is 9.78. The van der Waals surface area contributed by atoms with Gasteiger partial charge in [-0.1, -0.05) is 18.0 Å². The predicted octanol–water partition coefficient (Wildman–Crippen LogP) is 3.45. The molecule has 0 bridgehead atoms. The molecule has 0 atom stereocenters. The number of pyridine rings is 1. The Morgan fingerprint density at radius 3 is 2.79 bits per heavy atom. The number of rotatable bonds is 2. The van der Waals surface area contributed by atoms with Crippen molar-refractivity contribution < 1.29 is 4.74 Å². The summed E-state index contributed by atoms with van der Waals surface area (Å²) in [4.78, 5) is 4.00. The molecule has 0 aliphatic heterocycles. The second-order valence-electron chi connectivity index (χ2n) is 3.68. The molecule has 1 aromatic heterocycles. The van der Waals surface area contributed by atoms with Crippen LogP contribution >= 0.6 is 11.6 Å². The molecule has 14 heavy (non-hydrogen) atoms. The molecule has 1 fully saturated rings. The summed E-state index contributed by atoms with van der Waals surface area (Å²) in [7, 11) is 0. The van der Waals surface area contributed by atoms with Crippen molar-refractivity contribution >= 4 is 11.6 Å². The Labute approximate surface area is 89.3 Å². The second kappa shape index (κ2) is 4.65. The number of halogens is 1. The van der Waals surface area contributed by atoms with Gasteiger partial charge in [-0.3, -0.25) is 4.98 Å². The lowest BCUT2D eigenvalue weighted by atomic mass is 9.98. The van der Waals surface area contributed by atoms with Gasteiger partial charge in [-0.25, -0.2) is 0 Å². The third-order valence-corrected chi connectivity index (χ3v) is 2.89. The fourth-order valence-corrected chi connectivity index (χ4v) is 1.96. The molecule has 76 valence electrons. The molecule has 2 nitrogen and oxygen atoms in total. The van der Waals surface area contributed by atoms with Crippen LogP contribution < -0.4 is 4.74 Å². The molecule has 0 radical (unpaired) electrons. The molecule has 1 heterocycles. The van der Waals surface area contributed by atoms with E-state index in [-0.39, 0.29) is 0 Å². The van der Waals surface area contributed by atoms with E-state index in [1.54, 1.807) is 18.5 Å². The summed E-state index contributed by atoms with van der Waals surface area (Å²) in [6.45, 7) is 0. The molecular weight excluding hydrogens is 198 g/mol. The zero-order valence-corrected chi connectivity index (χ0v) is 8.83. The van der Waals surface area contributed by atoms with Crippen LogP contribution in [0.15, 0.2) is 18.5 Å². The average molecular weight is 212 g/mol. The van der Waals surface area contributed by atoms with Gasteiger partial charge in [0.15, 0.2) is 5.75 Å². The number of aromatic nitrogens is 1. The van der Waals surface area contributed by atoms with E-state index in [4.69, 9.17) is 16.3 Å². The number of hydrogen-bond donors (Lipinski definition) is 0. The van der Waals surface area contributed by atoms with Crippen molar-refractivity contribution in [3.63, 3.8) is 0 Å². The summed E-state index contributed by atoms with van der Waals surface area (Å²) in [6, 6.07) is 1.76. The van der Waals surface area contributed by atoms with E-state index in [0.29, 0.717) is 11.1 Å². The highest BCUT2D eigenvalue weighted by molar-refractivity contribution is 6.31. The van der Waals surface area contributed by atoms with E-state index in [1.807, 2.05) is 0 Å². The fourth-order valence-electron chi connectivity index (χ4n) is 1.81. The van der Waals surface area contributed by atoms with Gasteiger partial charge in [-0.2, -0.15) is 0 Å². The third-order valence-electron chi connectivity index (χ3n) is 2.58. The van der Waals surface area contributed by atoms with Crippen LogP contribution in [0.2, 0.25) is 5.02 Å². The van der Waals surface area contributed by atoms with Gasteiger partial charge in [0, 0.05) is 6.20 Å². The zero-order valence-electron chi connectivity index (χ0n) is 8.08. The van der Waals surface area contributed by atoms with Crippen LogP contribution in [-0.2, 0) is 0 Å². The van der Waals surface area contributed by atoms with Gasteiger partial charge in [-0.15, -0.1) is 0 Å². The standard InChI is InChI=1S/C11H14ClNO/c12-10-6-7-13-8-11(10)14-9-4-2-1-3-5-9/h6-9H,1-5H2. The Hall–Kier alpha value is -0.760. The largest absolute Gasteiger partial charge is 0.487 e. The molecule has 1 aliphatic carbocycles. The molecule has 2 rings (SSSR count). The maximum Gasteiger partial charge on any atom is 0.156 e. The van der Waals surface area contributed by atoms with Crippen LogP contribution in [0.1, 0.15) is 32.1 Å². The second-order valence-corrected chi connectivity index (χ2v) is 4.09. The topological polar surface area (TPSA) is 22.1 Å². The summed E-state index contributed by atoms with van der Waals surface area (Å²) in [5.41, 5.74) is 0. The molecular formula is C11H14ClNO. The van der Waals surface area contributed by atoms with Crippen molar-refractivity contribution in [1.82, 2.24) is 4.98 Å². The minimum absolute atomic E-state index is 0.338. The molecule has 0 unspecified atom stereocenters. The van der Waals surface area contributed by atoms with Gasteiger partial charge < -0.3 is 4.74 Å². The van der Waals surface area contributed by atoms with Crippen LogP contribution in [0.5, 0.6) is 5.75 Å². The summed E-state index contributed by atoms with van der Waals surface area (Å²) >= 11 is 5.98. The molecule has 1 aliphatic rings. The van der Waals surface area contributed by atoms with Crippen molar-refractivity contribution in [3.05, 3.63) is 23.5 Å². The van der Waals surface area contributed by atoms with Gasteiger partial charge in [0.1, 0.15) is 0 Å². The predicted molar refractivity (Wildman–Crippen MR) is 56.7 cm³/mol. The lowest BCUT2D eigenvalue weighted by molar-refractivity contribution is 0.154. The Morgan fingerprint density at radius 1 is 1.29 bits per heavy atom. The molecule has 3 heteroatoms. The van der Waals surface area contributed by atoms with E-state index in [9.17, 15) is 0 Å². The zero-order chi connectivity index (χ0) is 9.80. The highest BCUT2D eigenvalue weighted by atomic mass is 35.5. The van der Waals surface area contributed by atoms with E-state index in [2.05, 4.69) is 4.98 Å². The molecule has 0 aromatic carbocycles. The fraction of sp³-hybridized carbons (Fsp3) is 0.545. The Balaban J connectivity index is 1.99. The van der Waals surface area contributed by atoms with Crippen molar-refractivity contribution in [2.45, 2.75) is 38.2 Å². The SMILES string of the molecule is Clc1ccncc1OC1CCCCC1. The Bertz CT molecular complexity index is 297. The third kappa shape index (κ3) is 2.38. The minimum atomic E-state index is 0.338. The Kier molecular flexibility index (Phi) is 3.25. The van der Waals surface area contributed by atoms with Crippen LogP contribution in [0.3, 0.4) is 0 Å². The highest BCUT2D eigenvalue weighted by Crippen LogP contribution is 2.27. The summed E-state index contributed by atoms with van der Waals surface area (Å²) in [5.74, 6) is 0.723. The van der Waals surface area contributed by atoms with Crippen LogP contribution in [0, 0.1) is 0 Å².